The van der Waals surface area contributed by atoms with E-state index in [1.54, 1.807) is 29.2 Å². The van der Waals surface area contributed by atoms with Gasteiger partial charge in [-0.1, -0.05) is 42.5 Å². The van der Waals surface area contributed by atoms with E-state index in [1.807, 2.05) is 37.3 Å². The molecule has 0 radical (unpaired) electrons. The molecule has 1 aliphatic heterocycles. The number of Topliss-reactive ketones (excluding diaryl/α,β-unsaturated/α-hetero) is 1. The summed E-state index contributed by atoms with van der Waals surface area (Å²) in [6, 6.07) is 16.6. The zero-order valence-corrected chi connectivity index (χ0v) is 14.9. The summed E-state index contributed by atoms with van der Waals surface area (Å²) >= 11 is 0. The van der Waals surface area contributed by atoms with E-state index in [0.717, 1.165) is 5.56 Å². The van der Waals surface area contributed by atoms with Gasteiger partial charge in [-0.3, -0.25) is 14.4 Å². The average molecular weight is 350 g/mol. The van der Waals surface area contributed by atoms with Crippen LogP contribution in [0.15, 0.2) is 54.6 Å². The van der Waals surface area contributed by atoms with Crippen LogP contribution in [0.25, 0.3) is 0 Å². The Bertz CT molecular complexity index is 832. The fourth-order valence-electron chi connectivity index (χ4n) is 3.25. The molecule has 5 nitrogen and oxygen atoms in total. The first-order valence-electron chi connectivity index (χ1n) is 8.72. The molecule has 1 fully saturated rings. The molecule has 0 aromatic heterocycles. The Morgan fingerprint density at radius 1 is 1.12 bits per heavy atom. The number of anilines is 1. The summed E-state index contributed by atoms with van der Waals surface area (Å²) in [6.45, 7) is 3.86. The van der Waals surface area contributed by atoms with Crippen LogP contribution in [0, 0.1) is 5.92 Å². The van der Waals surface area contributed by atoms with E-state index in [4.69, 9.17) is 0 Å². The number of carbonyl (C=O) groups is 3. The topological polar surface area (TPSA) is 66.5 Å². The van der Waals surface area contributed by atoms with Crippen molar-refractivity contribution in [3.05, 3.63) is 65.7 Å². The van der Waals surface area contributed by atoms with Crippen molar-refractivity contribution in [3.63, 3.8) is 0 Å². The number of likely N-dealkylation sites (tertiary alicyclic amines) is 1. The van der Waals surface area contributed by atoms with E-state index in [-0.39, 0.29) is 30.1 Å². The fraction of sp³-hybridized carbons (Fsp3) is 0.286. The van der Waals surface area contributed by atoms with Crippen LogP contribution in [0.3, 0.4) is 0 Å². The molecule has 2 aromatic carbocycles. The first-order valence-corrected chi connectivity index (χ1v) is 8.72. The highest BCUT2D eigenvalue weighted by atomic mass is 16.2. The Hall–Kier alpha value is -2.95. The lowest BCUT2D eigenvalue weighted by atomic mass is 10.1. The highest BCUT2D eigenvalue weighted by Crippen LogP contribution is 2.29. The molecule has 0 aliphatic carbocycles. The van der Waals surface area contributed by atoms with E-state index in [2.05, 4.69) is 5.32 Å². The summed E-state index contributed by atoms with van der Waals surface area (Å²) < 4.78 is 0. The minimum atomic E-state index is -0.394. The second-order valence-electron chi connectivity index (χ2n) is 6.66. The number of rotatable bonds is 5. The highest BCUT2D eigenvalue weighted by Gasteiger charge is 2.37. The number of ketones is 1. The number of amides is 2. The van der Waals surface area contributed by atoms with E-state index in [0.29, 0.717) is 17.8 Å². The van der Waals surface area contributed by atoms with Gasteiger partial charge >= 0.3 is 0 Å². The molecule has 2 atom stereocenters. The van der Waals surface area contributed by atoms with Gasteiger partial charge in [0, 0.05) is 24.2 Å². The maximum atomic E-state index is 12.6. The van der Waals surface area contributed by atoms with Gasteiger partial charge in [0.15, 0.2) is 5.78 Å². The largest absolute Gasteiger partial charge is 0.335 e. The predicted molar refractivity (Wildman–Crippen MR) is 99.8 cm³/mol. The van der Waals surface area contributed by atoms with Crippen LogP contribution >= 0.6 is 0 Å². The van der Waals surface area contributed by atoms with Gasteiger partial charge in [-0.05, 0) is 31.5 Å². The first-order chi connectivity index (χ1) is 12.5. The predicted octanol–water partition coefficient (Wildman–Crippen LogP) is 3.44. The molecular weight excluding hydrogens is 328 g/mol. The number of carbonyl (C=O) groups excluding carboxylic acids is 3. The van der Waals surface area contributed by atoms with Crippen LogP contribution in [0.2, 0.25) is 0 Å². The summed E-state index contributed by atoms with van der Waals surface area (Å²) in [5.74, 6) is -0.657. The summed E-state index contributed by atoms with van der Waals surface area (Å²) in [5, 5.41) is 2.83. The van der Waals surface area contributed by atoms with Crippen molar-refractivity contribution in [2.75, 3.05) is 11.9 Å². The van der Waals surface area contributed by atoms with E-state index in [9.17, 15) is 14.4 Å². The lowest BCUT2D eigenvalue weighted by Gasteiger charge is -2.25. The van der Waals surface area contributed by atoms with Crippen LogP contribution in [0.1, 0.15) is 42.2 Å². The molecule has 0 bridgehead atoms. The maximum Gasteiger partial charge on any atom is 0.229 e. The van der Waals surface area contributed by atoms with Crippen molar-refractivity contribution in [1.82, 2.24) is 4.90 Å². The number of nitrogens with zero attached hydrogens (tertiary/aromatic N) is 1. The lowest BCUT2D eigenvalue weighted by molar-refractivity contribution is -0.129. The van der Waals surface area contributed by atoms with Crippen molar-refractivity contribution in [1.29, 1.82) is 0 Å². The van der Waals surface area contributed by atoms with Gasteiger partial charge in [-0.2, -0.15) is 0 Å². The molecule has 3 rings (SSSR count). The summed E-state index contributed by atoms with van der Waals surface area (Å²) in [6.07, 6.45) is 0.204. The molecule has 0 spiro atoms. The van der Waals surface area contributed by atoms with Gasteiger partial charge in [-0.15, -0.1) is 0 Å². The van der Waals surface area contributed by atoms with Crippen molar-refractivity contribution < 1.29 is 14.4 Å². The Morgan fingerprint density at radius 2 is 1.85 bits per heavy atom. The molecule has 1 aliphatic rings. The van der Waals surface area contributed by atoms with Crippen molar-refractivity contribution in [2.24, 2.45) is 5.92 Å². The van der Waals surface area contributed by atoms with Crippen LogP contribution in [-0.4, -0.2) is 29.0 Å². The molecule has 1 N–H and O–H groups in total. The maximum absolute atomic E-state index is 12.6. The van der Waals surface area contributed by atoms with Gasteiger partial charge < -0.3 is 10.2 Å². The molecule has 2 aromatic rings. The zero-order valence-electron chi connectivity index (χ0n) is 14.9. The summed E-state index contributed by atoms with van der Waals surface area (Å²) in [7, 11) is 0. The Kier molecular flexibility index (Phi) is 5.16. The molecule has 0 saturated carbocycles. The summed E-state index contributed by atoms with van der Waals surface area (Å²) in [4.78, 5) is 38.2. The Labute approximate surface area is 153 Å². The van der Waals surface area contributed by atoms with Crippen LogP contribution in [0.5, 0.6) is 0 Å². The normalized spacial score (nSPS) is 17.8. The van der Waals surface area contributed by atoms with E-state index in [1.165, 1.54) is 6.92 Å². The lowest BCUT2D eigenvalue weighted by Crippen LogP contribution is -2.30. The number of hydrogen-bond acceptors (Lipinski definition) is 3. The summed E-state index contributed by atoms with van der Waals surface area (Å²) in [5.41, 5.74) is 2.17. The van der Waals surface area contributed by atoms with Gasteiger partial charge in [0.2, 0.25) is 11.8 Å². The van der Waals surface area contributed by atoms with Gasteiger partial charge in [0.05, 0.1) is 12.0 Å². The van der Waals surface area contributed by atoms with Crippen LogP contribution < -0.4 is 5.32 Å². The molecule has 2 amide bonds. The minimum absolute atomic E-state index is 0.0148. The van der Waals surface area contributed by atoms with Gasteiger partial charge in [0.25, 0.3) is 0 Å². The molecule has 26 heavy (non-hydrogen) atoms. The molecule has 134 valence electrons. The molecule has 1 heterocycles. The SMILES string of the molecule is CC(=O)c1cccc(NC(=O)C2CC(=O)N(C(C)c3ccccc3)C2)c1. The molecule has 1 saturated heterocycles. The standard InChI is InChI=1S/C21H22N2O3/c1-14(16-7-4-3-5-8-16)23-13-18(12-20(23)25)21(26)22-19-10-6-9-17(11-19)15(2)24/h3-11,14,18H,12-13H2,1-2H3,(H,22,26). The monoisotopic (exact) mass is 350 g/mol. The number of nitrogens with one attached hydrogen (secondary N) is 1. The van der Waals surface area contributed by atoms with Gasteiger partial charge in [-0.25, -0.2) is 0 Å². The third-order valence-electron chi connectivity index (χ3n) is 4.82. The second-order valence-corrected chi connectivity index (χ2v) is 6.66. The quantitative estimate of drug-likeness (QED) is 0.840. The fourth-order valence-corrected chi connectivity index (χ4v) is 3.25. The zero-order chi connectivity index (χ0) is 18.7. The Morgan fingerprint density at radius 3 is 2.54 bits per heavy atom. The first kappa shape index (κ1) is 17.9. The van der Waals surface area contributed by atoms with E-state index < -0.39 is 5.92 Å². The highest BCUT2D eigenvalue weighted by molar-refractivity contribution is 5.99. The van der Waals surface area contributed by atoms with E-state index >= 15 is 0 Å². The Balaban J connectivity index is 1.67. The van der Waals surface area contributed by atoms with Crippen molar-refractivity contribution in [3.8, 4) is 0 Å². The second kappa shape index (κ2) is 7.52. The smallest absolute Gasteiger partial charge is 0.229 e. The van der Waals surface area contributed by atoms with Crippen molar-refractivity contribution in [2.45, 2.75) is 26.3 Å². The van der Waals surface area contributed by atoms with Crippen LogP contribution in [-0.2, 0) is 9.59 Å². The molecule has 2 unspecified atom stereocenters. The third kappa shape index (κ3) is 3.82. The molecule has 5 heteroatoms. The van der Waals surface area contributed by atoms with Crippen molar-refractivity contribution >= 4 is 23.3 Å². The minimum Gasteiger partial charge on any atom is -0.335 e. The number of hydrogen-bond donors (Lipinski definition) is 1. The number of benzene rings is 2. The average Bonchev–Trinajstić information content (AvgIpc) is 3.04. The van der Waals surface area contributed by atoms with Gasteiger partial charge in [0.1, 0.15) is 0 Å². The molecular formula is C21H22N2O3. The van der Waals surface area contributed by atoms with Crippen LogP contribution in [0.4, 0.5) is 5.69 Å². The third-order valence-corrected chi connectivity index (χ3v) is 4.82.